The Hall–Kier alpha value is -1.25. The van der Waals surface area contributed by atoms with Gasteiger partial charge >= 0.3 is 0 Å². The van der Waals surface area contributed by atoms with Crippen LogP contribution < -0.4 is 4.90 Å². The Morgan fingerprint density at radius 1 is 1.11 bits per heavy atom. The van der Waals surface area contributed by atoms with E-state index in [1.807, 2.05) is 19.2 Å². The summed E-state index contributed by atoms with van der Waals surface area (Å²) in [5, 5.41) is 0.613. The van der Waals surface area contributed by atoms with Crippen LogP contribution in [0, 0.1) is 6.92 Å². The molecule has 0 bridgehead atoms. The number of anilines is 1. The Labute approximate surface area is 124 Å². The number of hydrogen-bond donors (Lipinski definition) is 0. The molecule has 1 aromatic heterocycles. The van der Waals surface area contributed by atoms with Gasteiger partial charge in [-0.3, -0.25) is 0 Å². The zero-order valence-electron chi connectivity index (χ0n) is 11.0. The first-order valence-electron chi connectivity index (χ1n) is 6.08. The van der Waals surface area contributed by atoms with Crippen molar-refractivity contribution >= 4 is 29.0 Å². The minimum atomic E-state index is 0.324. The lowest BCUT2D eigenvalue weighted by atomic mass is 10.1. The molecule has 2 aromatic rings. The van der Waals surface area contributed by atoms with Gasteiger partial charge in [-0.05, 0) is 24.6 Å². The monoisotopic (exact) mass is 294 g/mol. The lowest BCUT2D eigenvalue weighted by Gasteiger charge is -2.19. The normalized spacial score (nSPS) is 10.5. The minimum Gasteiger partial charge on any atom is -0.355 e. The van der Waals surface area contributed by atoms with Crippen LogP contribution in [0.2, 0.25) is 5.02 Å². The van der Waals surface area contributed by atoms with Crippen molar-refractivity contribution in [1.29, 1.82) is 0 Å². The van der Waals surface area contributed by atoms with Crippen molar-refractivity contribution < 1.29 is 0 Å². The molecule has 4 heteroatoms. The van der Waals surface area contributed by atoms with E-state index in [2.05, 4.69) is 41.1 Å². The van der Waals surface area contributed by atoms with E-state index in [-0.39, 0.29) is 0 Å². The summed E-state index contributed by atoms with van der Waals surface area (Å²) in [6.07, 6.45) is 0. The maximum atomic E-state index is 6.01. The quantitative estimate of drug-likeness (QED) is 0.776. The summed E-state index contributed by atoms with van der Waals surface area (Å²) in [4.78, 5) is 6.55. The van der Waals surface area contributed by atoms with Crippen LogP contribution in [0.15, 0.2) is 36.4 Å². The summed E-state index contributed by atoms with van der Waals surface area (Å²) in [7, 11) is 2.01. The maximum absolute atomic E-state index is 6.01. The Bertz CT molecular complexity index is 553. The van der Waals surface area contributed by atoms with Gasteiger partial charge in [0.15, 0.2) is 0 Å². The second-order valence-electron chi connectivity index (χ2n) is 4.57. The maximum Gasteiger partial charge on any atom is 0.129 e. The zero-order chi connectivity index (χ0) is 13.8. The van der Waals surface area contributed by atoms with E-state index in [0.29, 0.717) is 10.9 Å². The first-order valence-corrected chi connectivity index (χ1v) is 6.99. The second-order valence-corrected chi connectivity index (χ2v) is 5.25. The summed E-state index contributed by atoms with van der Waals surface area (Å²) in [5.74, 6) is 1.20. The molecule has 0 aliphatic carbocycles. The summed E-state index contributed by atoms with van der Waals surface area (Å²) in [6.45, 7) is 2.89. The van der Waals surface area contributed by atoms with E-state index in [0.717, 1.165) is 18.1 Å². The second kappa shape index (κ2) is 6.27. The highest BCUT2D eigenvalue weighted by molar-refractivity contribution is 6.32. The van der Waals surface area contributed by atoms with Crippen molar-refractivity contribution in [1.82, 2.24) is 4.98 Å². The van der Waals surface area contributed by atoms with E-state index < -0.39 is 0 Å². The van der Waals surface area contributed by atoms with E-state index in [4.69, 9.17) is 23.2 Å². The third kappa shape index (κ3) is 3.62. The number of alkyl halides is 1. The highest BCUT2D eigenvalue weighted by Crippen LogP contribution is 2.21. The summed E-state index contributed by atoms with van der Waals surface area (Å²) in [5.41, 5.74) is 3.23. The Morgan fingerprint density at radius 3 is 2.42 bits per heavy atom. The molecular weight excluding hydrogens is 279 g/mol. The lowest BCUT2D eigenvalue weighted by molar-refractivity contribution is 0.890. The Balaban J connectivity index is 2.15. The number of nitrogens with zero attached hydrogens (tertiary/aromatic N) is 2. The van der Waals surface area contributed by atoms with E-state index in [9.17, 15) is 0 Å². The van der Waals surface area contributed by atoms with Crippen LogP contribution in [0.3, 0.4) is 0 Å². The van der Waals surface area contributed by atoms with Crippen molar-refractivity contribution in [3.63, 3.8) is 0 Å². The fraction of sp³-hybridized carbons (Fsp3) is 0.267. The van der Waals surface area contributed by atoms with Crippen LogP contribution in [0.5, 0.6) is 0 Å². The Morgan fingerprint density at radius 2 is 1.79 bits per heavy atom. The number of aromatic nitrogens is 1. The standard InChI is InChI=1S/C15H16Cl2N2/c1-11-3-5-12(6-4-11)10-19(2)15-8-7-13(17)14(9-16)18-15/h3-8H,9-10H2,1-2H3. The highest BCUT2D eigenvalue weighted by Gasteiger charge is 2.07. The van der Waals surface area contributed by atoms with Gasteiger partial charge in [-0.1, -0.05) is 41.4 Å². The molecule has 0 aliphatic rings. The molecule has 0 atom stereocenters. The van der Waals surface area contributed by atoms with E-state index in [1.165, 1.54) is 11.1 Å². The van der Waals surface area contributed by atoms with Crippen molar-refractivity contribution in [2.24, 2.45) is 0 Å². The predicted octanol–water partition coefficient (Wildman–Crippen LogP) is 4.42. The van der Waals surface area contributed by atoms with Gasteiger partial charge in [0.1, 0.15) is 5.82 Å². The van der Waals surface area contributed by atoms with Gasteiger partial charge in [-0.2, -0.15) is 0 Å². The molecule has 100 valence electrons. The van der Waals surface area contributed by atoms with Crippen LogP contribution in [0.4, 0.5) is 5.82 Å². The number of halogens is 2. The zero-order valence-corrected chi connectivity index (χ0v) is 12.5. The molecule has 1 aromatic carbocycles. The smallest absolute Gasteiger partial charge is 0.129 e. The number of aryl methyl sites for hydroxylation is 1. The predicted molar refractivity (Wildman–Crippen MR) is 82.1 cm³/mol. The number of pyridine rings is 1. The first kappa shape index (κ1) is 14.2. The molecule has 2 nitrogen and oxygen atoms in total. The molecule has 2 rings (SSSR count). The van der Waals surface area contributed by atoms with Crippen molar-refractivity contribution in [3.05, 3.63) is 58.2 Å². The fourth-order valence-electron chi connectivity index (χ4n) is 1.83. The lowest BCUT2D eigenvalue weighted by Crippen LogP contribution is -2.18. The molecule has 0 N–H and O–H groups in total. The molecule has 0 spiro atoms. The van der Waals surface area contributed by atoms with Crippen LogP contribution in [-0.4, -0.2) is 12.0 Å². The molecule has 0 saturated heterocycles. The average molecular weight is 295 g/mol. The van der Waals surface area contributed by atoms with Crippen LogP contribution in [0.25, 0.3) is 0 Å². The molecule has 0 unspecified atom stereocenters. The Kier molecular flexibility index (Phi) is 4.67. The largest absolute Gasteiger partial charge is 0.355 e. The molecule has 0 fully saturated rings. The fourth-order valence-corrected chi connectivity index (χ4v) is 2.27. The molecule has 1 heterocycles. The molecule has 0 amide bonds. The average Bonchev–Trinajstić information content (AvgIpc) is 2.42. The topological polar surface area (TPSA) is 16.1 Å². The third-order valence-corrected chi connectivity index (χ3v) is 3.56. The third-order valence-electron chi connectivity index (χ3n) is 2.96. The molecule has 19 heavy (non-hydrogen) atoms. The van der Waals surface area contributed by atoms with Crippen molar-refractivity contribution in [2.45, 2.75) is 19.3 Å². The molecule has 0 saturated carbocycles. The van der Waals surface area contributed by atoms with Crippen LogP contribution in [-0.2, 0) is 12.4 Å². The van der Waals surface area contributed by atoms with Gasteiger partial charge in [-0.15, -0.1) is 11.6 Å². The highest BCUT2D eigenvalue weighted by atomic mass is 35.5. The number of rotatable bonds is 4. The van der Waals surface area contributed by atoms with Gasteiger partial charge in [0, 0.05) is 13.6 Å². The van der Waals surface area contributed by atoms with Gasteiger partial charge in [0.25, 0.3) is 0 Å². The van der Waals surface area contributed by atoms with Gasteiger partial charge in [0.05, 0.1) is 16.6 Å². The SMILES string of the molecule is Cc1ccc(CN(C)c2ccc(Cl)c(CCl)n2)cc1. The first-order chi connectivity index (χ1) is 9.10. The van der Waals surface area contributed by atoms with E-state index in [1.54, 1.807) is 0 Å². The summed E-state index contributed by atoms with van der Waals surface area (Å²) >= 11 is 11.8. The van der Waals surface area contributed by atoms with Crippen LogP contribution >= 0.6 is 23.2 Å². The minimum absolute atomic E-state index is 0.324. The van der Waals surface area contributed by atoms with Gasteiger partial charge < -0.3 is 4.90 Å². The molecule has 0 radical (unpaired) electrons. The summed E-state index contributed by atoms with van der Waals surface area (Å²) < 4.78 is 0. The van der Waals surface area contributed by atoms with Gasteiger partial charge in [-0.25, -0.2) is 4.98 Å². The van der Waals surface area contributed by atoms with Crippen molar-refractivity contribution in [3.8, 4) is 0 Å². The van der Waals surface area contributed by atoms with E-state index >= 15 is 0 Å². The number of hydrogen-bond acceptors (Lipinski definition) is 2. The molecule has 0 aliphatic heterocycles. The summed E-state index contributed by atoms with van der Waals surface area (Å²) in [6, 6.07) is 12.2. The van der Waals surface area contributed by atoms with Crippen molar-refractivity contribution in [2.75, 3.05) is 11.9 Å². The van der Waals surface area contributed by atoms with Gasteiger partial charge in [0.2, 0.25) is 0 Å². The van der Waals surface area contributed by atoms with Crippen LogP contribution in [0.1, 0.15) is 16.8 Å². The number of benzene rings is 1. The molecular formula is C15H16Cl2N2.